The molecule has 3 N–H and O–H groups in total. The van der Waals surface area contributed by atoms with Gasteiger partial charge in [0.05, 0.1) is 12.2 Å². The molecule has 0 heterocycles. The molecule has 1 aromatic rings. The number of aliphatic hydroxyl groups excluding tert-OH is 2. The third kappa shape index (κ3) is 3.52. The zero-order valence-electron chi connectivity index (χ0n) is 18.8. The Balaban J connectivity index is 1.67. The Bertz CT molecular complexity index is 771. The van der Waals surface area contributed by atoms with E-state index < -0.39 is 0 Å². The number of aryl methyl sites for hydroxylation is 1. The molecule has 0 radical (unpaired) electrons. The predicted octanol–water partition coefficient (Wildman–Crippen LogP) is 5.72. The van der Waals surface area contributed by atoms with Crippen molar-refractivity contribution < 1.29 is 15.3 Å². The first-order valence-corrected chi connectivity index (χ1v) is 12.1. The first-order valence-electron chi connectivity index (χ1n) is 12.1. The van der Waals surface area contributed by atoms with Crippen molar-refractivity contribution in [2.45, 2.75) is 96.2 Å². The van der Waals surface area contributed by atoms with E-state index in [9.17, 15) is 15.3 Å². The van der Waals surface area contributed by atoms with Crippen LogP contribution in [0.3, 0.4) is 0 Å². The molecular weight excluding hydrogens is 372 g/mol. The van der Waals surface area contributed by atoms with Gasteiger partial charge >= 0.3 is 0 Å². The fourth-order valence-corrected chi connectivity index (χ4v) is 7.72. The maximum absolute atomic E-state index is 11.0. The molecule has 0 bridgehead atoms. The number of hydrogen-bond acceptors (Lipinski definition) is 3. The van der Waals surface area contributed by atoms with Gasteiger partial charge < -0.3 is 15.3 Å². The molecule has 0 aromatic heterocycles. The van der Waals surface area contributed by atoms with Crippen molar-refractivity contribution in [1.82, 2.24) is 0 Å². The average molecular weight is 413 g/mol. The van der Waals surface area contributed by atoms with Crippen LogP contribution in [0.1, 0.15) is 88.7 Å². The van der Waals surface area contributed by atoms with Gasteiger partial charge in [-0.3, -0.25) is 0 Å². The highest BCUT2D eigenvalue weighted by molar-refractivity contribution is 5.43. The number of rotatable bonds is 7. The van der Waals surface area contributed by atoms with Crippen LogP contribution in [0.15, 0.2) is 30.9 Å². The second-order valence-corrected chi connectivity index (χ2v) is 10.8. The Morgan fingerprint density at radius 2 is 2.03 bits per heavy atom. The number of aromatic hydroxyl groups is 1. The van der Waals surface area contributed by atoms with E-state index in [2.05, 4.69) is 25.6 Å². The molecule has 2 fully saturated rings. The smallest absolute Gasteiger partial charge is 0.115 e. The molecule has 0 amide bonds. The molecule has 166 valence electrons. The molecule has 0 saturated heterocycles. The lowest BCUT2D eigenvalue weighted by atomic mass is 9.44. The van der Waals surface area contributed by atoms with Gasteiger partial charge in [0.1, 0.15) is 5.75 Å². The van der Waals surface area contributed by atoms with Gasteiger partial charge in [0.2, 0.25) is 0 Å². The van der Waals surface area contributed by atoms with Gasteiger partial charge in [0, 0.05) is 0 Å². The Labute approximate surface area is 182 Å². The van der Waals surface area contributed by atoms with Crippen molar-refractivity contribution in [3.63, 3.8) is 0 Å². The highest BCUT2D eigenvalue weighted by Crippen LogP contribution is 2.69. The number of fused-ring (bicyclic) bond motifs is 5. The molecule has 3 heteroatoms. The maximum Gasteiger partial charge on any atom is 0.115 e. The normalized spacial score (nSPS) is 38.4. The summed E-state index contributed by atoms with van der Waals surface area (Å²) in [6.07, 6.45) is 12.4. The fourth-order valence-electron chi connectivity index (χ4n) is 7.72. The van der Waals surface area contributed by atoms with Crippen LogP contribution in [0.4, 0.5) is 0 Å². The molecule has 30 heavy (non-hydrogen) atoms. The van der Waals surface area contributed by atoms with Crippen molar-refractivity contribution in [3.8, 4) is 5.75 Å². The number of aliphatic hydroxyl groups is 2. The number of unbranched alkanes of at least 4 members (excludes halogenated alkanes) is 2. The lowest BCUT2D eigenvalue weighted by molar-refractivity contribution is -0.0812. The number of hydrogen-bond donors (Lipinski definition) is 3. The first-order chi connectivity index (χ1) is 14.3. The monoisotopic (exact) mass is 412 g/mol. The highest BCUT2D eigenvalue weighted by Gasteiger charge is 2.63. The summed E-state index contributed by atoms with van der Waals surface area (Å²) in [6, 6.07) is 6.00. The van der Waals surface area contributed by atoms with Crippen LogP contribution >= 0.6 is 0 Å². The van der Waals surface area contributed by atoms with Gasteiger partial charge in [-0.1, -0.05) is 38.3 Å². The molecule has 1 unspecified atom stereocenters. The summed E-state index contributed by atoms with van der Waals surface area (Å²) in [5, 5.41) is 30.6. The summed E-state index contributed by atoms with van der Waals surface area (Å²) in [7, 11) is 0. The molecule has 3 nitrogen and oxygen atoms in total. The number of phenolic OH excluding ortho intramolecular Hbond substituents is 1. The summed E-state index contributed by atoms with van der Waals surface area (Å²) >= 11 is 0. The molecular formula is C27H40O3. The Hall–Kier alpha value is -1.32. The third-order valence-corrected chi connectivity index (χ3v) is 9.05. The Morgan fingerprint density at radius 1 is 1.23 bits per heavy atom. The minimum Gasteiger partial charge on any atom is -0.508 e. The summed E-state index contributed by atoms with van der Waals surface area (Å²) in [4.78, 5) is 0. The third-order valence-electron chi connectivity index (χ3n) is 9.05. The van der Waals surface area contributed by atoms with E-state index >= 15 is 0 Å². The minimum absolute atomic E-state index is 0.0244. The molecule has 1 aromatic carbocycles. The number of benzene rings is 1. The lowest BCUT2D eigenvalue weighted by Gasteiger charge is -2.60. The van der Waals surface area contributed by atoms with E-state index in [1.54, 1.807) is 0 Å². The average Bonchev–Trinajstić information content (AvgIpc) is 3.01. The molecule has 4 rings (SSSR count). The van der Waals surface area contributed by atoms with Gasteiger partial charge in [0.25, 0.3) is 0 Å². The van der Waals surface area contributed by atoms with Gasteiger partial charge in [-0.25, -0.2) is 0 Å². The molecule has 3 aliphatic rings. The minimum atomic E-state index is -0.209. The van der Waals surface area contributed by atoms with Crippen molar-refractivity contribution in [2.24, 2.45) is 22.7 Å². The van der Waals surface area contributed by atoms with E-state index in [-0.39, 0.29) is 23.0 Å². The van der Waals surface area contributed by atoms with Crippen LogP contribution < -0.4 is 0 Å². The van der Waals surface area contributed by atoms with Crippen molar-refractivity contribution in [1.29, 1.82) is 0 Å². The van der Waals surface area contributed by atoms with E-state index in [1.165, 1.54) is 17.5 Å². The Morgan fingerprint density at radius 3 is 2.77 bits per heavy atom. The second-order valence-electron chi connectivity index (χ2n) is 10.8. The highest BCUT2D eigenvalue weighted by atomic mass is 16.3. The molecule has 0 spiro atoms. The lowest BCUT2D eigenvalue weighted by Crippen LogP contribution is -2.54. The standard InChI is InChI=1S/C27H40O3/c1-4-27-15-14-19-16-21(29)10-11-22(19)25(27)20(9-7-5-6-8-18(2)28)17-26(3)23(27)12-13-24(26)30/h4,10-11,16,18,20,23-25,28-30H,1,5-9,12-15,17H2,2-3H3/t18-,20-,23+,24-,25+,26-,27?/m0/s1. The second kappa shape index (κ2) is 8.31. The summed E-state index contributed by atoms with van der Waals surface area (Å²) in [6.45, 7) is 8.58. The maximum atomic E-state index is 11.0. The van der Waals surface area contributed by atoms with Crippen molar-refractivity contribution in [2.75, 3.05) is 0 Å². The van der Waals surface area contributed by atoms with E-state index in [0.717, 1.165) is 57.8 Å². The van der Waals surface area contributed by atoms with E-state index in [1.807, 2.05) is 19.1 Å². The SMILES string of the molecule is C=CC12CCc3cc(O)ccc3[C@H]1[C@@H](CCCCC[C@H](C)O)C[C@]1(C)[C@@H](O)CC[C@@H]21. The van der Waals surface area contributed by atoms with E-state index in [0.29, 0.717) is 23.5 Å². The molecule has 3 aliphatic carbocycles. The topological polar surface area (TPSA) is 60.7 Å². The predicted molar refractivity (Wildman–Crippen MR) is 122 cm³/mol. The quantitative estimate of drug-likeness (QED) is 0.396. The molecule has 2 saturated carbocycles. The van der Waals surface area contributed by atoms with E-state index in [4.69, 9.17) is 0 Å². The van der Waals surface area contributed by atoms with Crippen LogP contribution in [0, 0.1) is 22.7 Å². The fraction of sp³-hybridized carbons (Fsp3) is 0.704. The van der Waals surface area contributed by atoms with Gasteiger partial charge in [0.15, 0.2) is 0 Å². The van der Waals surface area contributed by atoms with Gasteiger partial charge in [-0.05, 0) is 104 Å². The summed E-state index contributed by atoms with van der Waals surface area (Å²) in [5.74, 6) is 1.80. The summed E-state index contributed by atoms with van der Waals surface area (Å²) in [5.41, 5.74) is 2.73. The van der Waals surface area contributed by atoms with Crippen molar-refractivity contribution in [3.05, 3.63) is 42.0 Å². The van der Waals surface area contributed by atoms with Crippen LogP contribution in [0.25, 0.3) is 0 Å². The summed E-state index contributed by atoms with van der Waals surface area (Å²) < 4.78 is 0. The van der Waals surface area contributed by atoms with Crippen LogP contribution in [0.5, 0.6) is 5.75 Å². The number of phenols is 1. The van der Waals surface area contributed by atoms with Crippen LogP contribution in [-0.4, -0.2) is 27.5 Å². The van der Waals surface area contributed by atoms with Gasteiger partial charge in [-0.15, -0.1) is 6.58 Å². The van der Waals surface area contributed by atoms with Crippen LogP contribution in [0.2, 0.25) is 0 Å². The van der Waals surface area contributed by atoms with Gasteiger partial charge in [-0.2, -0.15) is 0 Å². The zero-order chi connectivity index (χ0) is 21.5. The van der Waals surface area contributed by atoms with Crippen LogP contribution in [-0.2, 0) is 6.42 Å². The first kappa shape index (κ1) is 21.9. The Kier molecular flexibility index (Phi) is 6.07. The molecule has 7 atom stereocenters. The largest absolute Gasteiger partial charge is 0.508 e. The van der Waals surface area contributed by atoms with Crippen molar-refractivity contribution >= 4 is 0 Å². The zero-order valence-corrected chi connectivity index (χ0v) is 18.8. The molecule has 0 aliphatic heterocycles. The number of allylic oxidation sites excluding steroid dienone is 1.